The zero-order chi connectivity index (χ0) is 28.6. The van der Waals surface area contributed by atoms with Crippen LogP contribution in [0.25, 0.3) is 11.3 Å². The maximum Gasteiger partial charge on any atom is 0.328 e. The van der Waals surface area contributed by atoms with Crippen molar-refractivity contribution in [3.8, 4) is 11.3 Å². The Balaban J connectivity index is 0.000000406. The van der Waals surface area contributed by atoms with Crippen molar-refractivity contribution in [1.29, 1.82) is 0 Å². The summed E-state index contributed by atoms with van der Waals surface area (Å²) in [5.41, 5.74) is 2.17. The summed E-state index contributed by atoms with van der Waals surface area (Å²) < 4.78 is 5.93. The Bertz CT molecular complexity index is 1350. The molecule has 2 unspecified atom stereocenters. The van der Waals surface area contributed by atoms with Crippen LogP contribution in [0.1, 0.15) is 40.2 Å². The molecule has 3 heterocycles. The molecule has 3 N–H and O–H groups in total. The molecular weight excluding hydrogens is 514 g/mol. The second-order valence-electron chi connectivity index (χ2n) is 9.69. The summed E-state index contributed by atoms with van der Waals surface area (Å²) in [7, 11) is 2.17. The standard InChI is InChI=1S/C26H27N3O3.C4H4O4/c1-28-21-8-5-9-22(28)17-29(16-21)26(31)24-15-14-23(32-24)18-10-12-20(13-11-18)27-25(30)19-6-3-2-4-7-19;5-3(6)1-2-4(7)8/h2-4,6-7,10-15,21-22H,5,8-9,16-17H2,1H3,(H,27,30);1-2H,(H,5,6)(H,7,8)/b;2-1+. The van der Waals surface area contributed by atoms with Crippen LogP contribution >= 0.6 is 0 Å². The molecule has 2 aliphatic rings. The van der Waals surface area contributed by atoms with Crippen molar-refractivity contribution in [1.82, 2.24) is 9.80 Å². The van der Waals surface area contributed by atoms with Gasteiger partial charge in [0, 0.05) is 54.1 Å². The second kappa shape index (κ2) is 12.9. The van der Waals surface area contributed by atoms with Crippen LogP contribution in [0, 0.1) is 0 Å². The molecule has 208 valence electrons. The number of carbonyl (C=O) groups excluding carboxylic acids is 2. The third-order valence-electron chi connectivity index (χ3n) is 7.02. The number of hydrogen-bond donors (Lipinski definition) is 3. The van der Waals surface area contributed by atoms with E-state index in [9.17, 15) is 19.2 Å². The molecule has 40 heavy (non-hydrogen) atoms. The van der Waals surface area contributed by atoms with Crippen molar-refractivity contribution in [2.75, 3.05) is 25.5 Å². The third kappa shape index (κ3) is 7.23. The number of nitrogens with one attached hydrogen (secondary N) is 1. The zero-order valence-electron chi connectivity index (χ0n) is 22.0. The van der Waals surface area contributed by atoms with Gasteiger partial charge < -0.3 is 24.8 Å². The van der Waals surface area contributed by atoms with Crippen LogP contribution in [0.3, 0.4) is 0 Å². The normalized spacial score (nSPS) is 18.5. The second-order valence-corrected chi connectivity index (χ2v) is 9.69. The number of likely N-dealkylation sites (N-methyl/N-ethyl adjacent to an activating group) is 1. The molecule has 0 radical (unpaired) electrons. The summed E-state index contributed by atoms with van der Waals surface area (Å²) in [4.78, 5) is 48.9. The van der Waals surface area contributed by atoms with Crippen LogP contribution in [-0.4, -0.2) is 76.0 Å². The average molecular weight is 546 g/mol. The number of rotatable bonds is 6. The zero-order valence-corrected chi connectivity index (χ0v) is 22.0. The topological polar surface area (TPSA) is 140 Å². The van der Waals surface area contributed by atoms with Gasteiger partial charge in [-0.2, -0.15) is 0 Å². The van der Waals surface area contributed by atoms with Crippen molar-refractivity contribution in [2.45, 2.75) is 31.3 Å². The monoisotopic (exact) mass is 545 g/mol. The predicted molar refractivity (Wildman–Crippen MR) is 148 cm³/mol. The van der Waals surface area contributed by atoms with E-state index in [4.69, 9.17) is 14.6 Å². The van der Waals surface area contributed by atoms with Crippen molar-refractivity contribution in [2.24, 2.45) is 0 Å². The van der Waals surface area contributed by atoms with Gasteiger partial charge in [-0.3, -0.25) is 14.5 Å². The van der Waals surface area contributed by atoms with Gasteiger partial charge in [0.2, 0.25) is 0 Å². The van der Waals surface area contributed by atoms with E-state index < -0.39 is 11.9 Å². The summed E-state index contributed by atoms with van der Waals surface area (Å²) >= 11 is 0. The minimum Gasteiger partial charge on any atom is -0.478 e. The number of piperidine rings is 1. The number of piperazine rings is 1. The van der Waals surface area contributed by atoms with Gasteiger partial charge in [0.25, 0.3) is 11.8 Å². The molecule has 10 nitrogen and oxygen atoms in total. The maximum absolute atomic E-state index is 13.1. The minimum absolute atomic E-state index is 0.0343. The van der Waals surface area contributed by atoms with Crippen LogP contribution in [0.4, 0.5) is 5.69 Å². The molecule has 0 spiro atoms. The highest BCUT2D eigenvalue weighted by Crippen LogP contribution is 2.29. The van der Waals surface area contributed by atoms with E-state index in [1.54, 1.807) is 18.2 Å². The molecule has 2 fully saturated rings. The smallest absolute Gasteiger partial charge is 0.328 e. The molecule has 3 aromatic rings. The van der Waals surface area contributed by atoms with E-state index in [1.165, 1.54) is 6.42 Å². The molecule has 10 heteroatoms. The van der Waals surface area contributed by atoms with Crippen molar-refractivity contribution >= 4 is 29.4 Å². The Morgan fingerprint density at radius 2 is 1.45 bits per heavy atom. The summed E-state index contributed by atoms with van der Waals surface area (Å²) in [6, 6.07) is 21.0. The number of nitrogens with zero attached hydrogens (tertiary/aromatic N) is 2. The Morgan fingerprint density at radius 3 is 2.02 bits per heavy atom. The first kappa shape index (κ1) is 28.3. The fraction of sp³-hybridized carbons (Fsp3) is 0.267. The SMILES string of the molecule is CN1C2CCCC1CN(C(=O)c1ccc(-c3ccc(NC(=O)c4ccccc4)cc3)o1)C2.O=C(O)/C=C/C(=O)O. The largest absolute Gasteiger partial charge is 0.478 e. The molecule has 1 aromatic heterocycles. The summed E-state index contributed by atoms with van der Waals surface area (Å²) in [5.74, 6) is -1.68. The Hall–Kier alpha value is -4.70. The van der Waals surface area contributed by atoms with Gasteiger partial charge in [-0.15, -0.1) is 0 Å². The average Bonchev–Trinajstić information content (AvgIpc) is 3.43. The summed E-state index contributed by atoms with van der Waals surface area (Å²) in [6.45, 7) is 1.52. The van der Waals surface area contributed by atoms with E-state index in [-0.39, 0.29) is 11.8 Å². The minimum atomic E-state index is -1.26. The number of hydrogen-bond acceptors (Lipinski definition) is 6. The number of benzene rings is 2. The third-order valence-corrected chi connectivity index (χ3v) is 7.02. The van der Waals surface area contributed by atoms with E-state index in [0.29, 0.717) is 47.0 Å². The molecule has 2 amide bonds. The number of fused-ring (bicyclic) bond motifs is 2. The highest BCUT2D eigenvalue weighted by atomic mass is 16.4. The number of furan rings is 1. The highest BCUT2D eigenvalue weighted by Gasteiger charge is 2.37. The molecule has 0 aliphatic carbocycles. The molecular formula is C30H31N3O7. The number of amides is 2. The van der Waals surface area contributed by atoms with Crippen LogP contribution < -0.4 is 5.32 Å². The predicted octanol–water partition coefficient (Wildman–Crippen LogP) is 4.22. The molecule has 0 saturated carbocycles. The number of carboxylic acid groups (broad SMARTS) is 2. The number of carboxylic acids is 2. The van der Waals surface area contributed by atoms with Crippen LogP contribution in [0.5, 0.6) is 0 Å². The first-order valence-electron chi connectivity index (χ1n) is 12.9. The van der Waals surface area contributed by atoms with Gasteiger partial charge in [0.15, 0.2) is 5.76 Å². The van der Waals surface area contributed by atoms with E-state index >= 15 is 0 Å². The van der Waals surface area contributed by atoms with Crippen molar-refractivity contribution in [3.05, 3.63) is 90.2 Å². The Kier molecular flexibility index (Phi) is 9.13. The molecule has 5 rings (SSSR count). The first-order valence-corrected chi connectivity index (χ1v) is 12.9. The molecule has 2 bridgehead atoms. The van der Waals surface area contributed by atoms with Gasteiger partial charge in [0.1, 0.15) is 5.76 Å². The number of carbonyl (C=O) groups is 4. The fourth-order valence-corrected chi connectivity index (χ4v) is 4.90. The van der Waals surface area contributed by atoms with E-state index in [0.717, 1.165) is 31.5 Å². The number of aliphatic carboxylic acids is 2. The van der Waals surface area contributed by atoms with Crippen LogP contribution in [-0.2, 0) is 9.59 Å². The van der Waals surface area contributed by atoms with E-state index in [1.807, 2.05) is 53.4 Å². The van der Waals surface area contributed by atoms with Crippen LogP contribution in [0.2, 0.25) is 0 Å². The number of anilines is 1. The lowest BCUT2D eigenvalue weighted by Gasteiger charge is -2.48. The van der Waals surface area contributed by atoms with Gasteiger partial charge in [0.05, 0.1) is 0 Å². The lowest BCUT2D eigenvalue weighted by atomic mass is 9.92. The van der Waals surface area contributed by atoms with Gasteiger partial charge in [-0.05, 0) is 68.4 Å². The lowest BCUT2D eigenvalue weighted by Crippen LogP contribution is -2.60. The Morgan fingerprint density at radius 1 is 0.850 bits per heavy atom. The lowest BCUT2D eigenvalue weighted by molar-refractivity contribution is -0.134. The molecule has 2 saturated heterocycles. The van der Waals surface area contributed by atoms with Gasteiger partial charge in [-0.1, -0.05) is 24.6 Å². The van der Waals surface area contributed by atoms with Crippen molar-refractivity contribution in [3.63, 3.8) is 0 Å². The fourth-order valence-electron chi connectivity index (χ4n) is 4.90. The highest BCUT2D eigenvalue weighted by molar-refractivity contribution is 6.04. The summed E-state index contributed by atoms with van der Waals surface area (Å²) in [6.07, 6.45) is 4.65. The van der Waals surface area contributed by atoms with Gasteiger partial charge in [-0.25, -0.2) is 9.59 Å². The molecule has 2 aromatic carbocycles. The first-order chi connectivity index (χ1) is 19.2. The van der Waals surface area contributed by atoms with Crippen molar-refractivity contribution < 1.29 is 33.8 Å². The Labute approximate surface area is 231 Å². The quantitative estimate of drug-likeness (QED) is 0.391. The van der Waals surface area contributed by atoms with E-state index in [2.05, 4.69) is 17.3 Å². The molecule has 2 aliphatic heterocycles. The maximum atomic E-state index is 13.1. The molecule has 2 atom stereocenters. The number of likely N-dealkylation sites (tertiary alicyclic amines) is 1. The van der Waals surface area contributed by atoms with Crippen LogP contribution in [0.15, 0.2) is 83.3 Å². The summed E-state index contributed by atoms with van der Waals surface area (Å²) in [5, 5.41) is 18.5. The van der Waals surface area contributed by atoms with Gasteiger partial charge >= 0.3 is 11.9 Å².